The molecule has 0 aliphatic carbocycles. The van der Waals surface area contributed by atoms with Gasteiger partial charge in [0.05, 0.1) is 5.69 Å². The zero-order valence-corrected chi connectivity index (χ0v) is 11.3. The van der Waals surface area contributed by atoms with Crippen LogP contribution in [0.1, 0.15) is 12.5 Å². The topological polar surface area (TPSA) is 32.3 Å². The van der Waals surface area contributed by atoms with Crippen LogP contribution in [0.5, 0.6) is 5.75 Å². The molecule has 0 bridgehead atoms. The first kappa shape index (κ1) is 13.7. The highest BCUT2D eigenvalue weighted by atomic mass is 35.5. The van der Waals surface area contributed by atoms with Gasteiger partial charge in [-0.2, -0.15) is 0 Å². The molecule has 0 aromatic heterocycles. The zero-order chi connectivity index (χ0) is 13.8. The Morgan fingerprint density at radius 2 is 1.89 bits per heavy atom. The molecule has 0 radical (unpaired) electrons. The van der Waals surface area contributed by atoms with Gasteiger partial charge in [-0.15, -0.1) is 0 Å². The molecule has 100 valence electrons. The van der Waals surface area contributed by atoms with E-state index in [1.165, 1.54) is 6.07 Å². The monoisotopic (exact) mass is 279 g/mol. The number of phenols is 1. The van der Waals surface area contributed by atoms with Crippen molar-refractivity contribution in [1.82, 2.24) is 0 Å². The third-order valence-electron chi connectivity index (χ3n) is 2.81. The van der Waals surface area contributed by atoms with Crippen molar-refractivity contribution >= 4 is 17.3 Å². The Morgan fingerprint density at radius 1 is 1.21 bits per heavy atom. The molecule has 0 saturated carbocycles. The van der Waals surface area contributed by atoms with Gasteiger partial charge in [-0.05, 0) is 49.2 Å². The second kappa shape index (κ2) is 5.93. The molecule has 2 rings (SSSR count). The molecule has 2 aromatic rings. The summed E-state index contributed by atoms with van der Waals surface area (Å²) < 4.78 is 13.6. The second-order valence-corrected chi connectivity index (χ2v) is 4.98. The lowest BCUT2D eigenvalue weighted by Crippen LogP contribution is -2.18. The van der Waals surface area contributed by atoms with Gasteiger partial charge in [0.2, 0.25) is 0 Å². The average molecular weight is 280 g/mol. The molecule has 0 fully saturated rings. The molecule has 4 heteroatoms. The Labute approximate surface area is 116 Å². The molecule has 0 aliphatic heterocycles. The minimum Gasteiger partial charge on any atom is -0.508 e. The molecule has 2 nitrogen and oxygen atoms in total. The Hall–Kier alpha value is -1.74. The normalized spacial score (nSPS) is 12.2. The number of rotatable bonds is 4. The van der Waals surface area contributed by atoms with Crippen molar-refractivity contribution in [1.29, 1.82) is 0 Å². The van der Waals surface area contributed by atoms with Crippen molar-refractivity contribution < 1.29 is 9.50 Å². The maximum atomic E-state index is 13.6. The molecular formula is C15H15ClFNO. The van der Waals surface area contributed by atoms with E-state index in [4.69, 9.17) is 11.6 Å². The van der Waals surface area contributed by atoms with E-state index in [2.05, 4.69) is 5.32 Å². The fraction of sp³-hybridized carbons (Fsp3) is 0.200. The van der Waals surface area contributed by atoms with Crippen LogP contribution in [0.3, 0.4) is 0 Å². The van der Waals surface area contributed by atoms with E-state index in [0.717, 1.165) is 12.0 Å². The van der Waals surface area contributed by atoms with Crippen LogP contribution in [0.25, 0.3) is 0 Å². The highest BCUT2D eigenvalue weighted by Crippen LogP contribution is 2.20. The minimum atomic E-state index is -0.356. The Balaban J connectivity index is 2.01. The van der Waals surface area contributed by atoms with Gasteiger partial charge in [0.15, 0.2) is 0 Å². The molecule has 2 N–H and O–H groups in total. The van der Waals surface area contributed by atoms with E-state index in [1.807, 2.05) is 19.1 Å². The summed E-state index contributed by atoms with van der Waals surface area (Å²) in [5, 5.41) is 12.7. The largest absolute Gasteiger partial charge is 0.508 e. The lowest BCUT2D eigenvalue weighted by atomic mass is 10.1. The number of phenolic OH excluding ortho intramolecular Hbond substituents is 1. The molecular weight excluding hydrogens is 265 g/mol. The Bertz CT molecular complexity index is 557. The fourth-order valence-electron chi connectivity index (χ4n) is 1.91. The van der Waals surface area contributed by atoms with E-state index in [0.29, 0.717) is 10.7 Å². The summed E-state index contributed by atoms with van der Waals surface area (Å²) >= 11 is 5.71. The third kappa shape index (κ3) is 3.86. The first-order chi connectivity index (χ1) is 9.04. The number of hydrogen-bond acceptors (Lipinski definition) is 2. The van der Waals surface area contributed by atoms with Crippen molar-refractivity contribution in [2.24, 2.45) is 0 Å². The number of halogens is 2. The van der Waals surface area contributed by atoms with Crippen LogP contribution in [0.4, 0.5) is 10.1 Å². The van der Waals surface area contributed by atoms with Crippen molar-refractivity contribution in [2.45, 2.75) is 19.4 Å². The SMILES string of the molecule is CC(Cc1ccc(O)cc1)Nc1ccc(Cl)cc1F. The van der Waals surface area contributed by atoms with E-state index in [-0.39, 0.29) is 17.6 Å². The summed E-state index contributed by atoms with van der Waals surface area (Å²) in [6.45, 7) is 1.97. The third-order valence-corrected chi connectivity index (χ3v) is 3.05. The molecule has 0 saturated heterocycles. The van der Waals surface area contributed by atoms with E-state index in [1.54, 1.807) is 24.3 Å². The van der Waals surface area contributed by atoms with Crippen LogP contribution < -0.4 is 5.32 Å². The number of hydrogen-bond donors (Lipinski definition) is 2. The smallest absolute Gasteiger partial charge is 0.147 e. The van der Waals surface area contributed by atoms with Crippen LogP contribution in [-0.2, 0) is 6.42 Å². The quantitative estimate of drug-likeness (QED) is 0.878. The second-order valence-electron chi connectivity index (χ2n) is 4.54. The maximum Gasteiger partial charge on any atom is 0.147 e. The summed E-state index contributed by atoms with van der Waals surface area (Å²) in [5.41, 5.74) is 1.52. The number of anilines is 1. The fourth-order valence-corrected chi connectivity index (χ4v) is 2.07. The van der Waals surface area contributed by atoms with Gasteiger partial charge in [0, 0.05) is 11.1 Å². The molecule has 0 heterocycles. The standard InChI is InChI=1S/C15H15ClFNO/c1-10(8-11-2-5-13(19)6-3-11)18-15-7-4-12(16)9-14(15)17/h2-7,9-10,18-19H,8H2,1H3. The highest BCUT2D eigenvalue weighted by molar-refractivity contribution is 6.30. The van der Waals surface area contributed by atoms with E-state index < -0.39 is 0 Å². The van der Waals surface area contributed by atoms with Gasteiger partial charge in [0.1, 0.15) is 11.6 Å². The van der Waals surface area contributed by atoms with Crippen LogP contribution >= 0.6 is 11.6 Å². The minimum absolute atomic E-state index is 0.0696. The summed E-state index contributed by atoms with van der Waals surface area (Å²) in [5.74, 6) is -0.113. The number of nitrogens with one attached hydrogen (secondary N) is 1. The van der Waals surface area contributed by atoms with Gasteiger partial charge in [-0.1, -0.05) is 23.7 Å². The summed E-state index contributed by atoms with van der Waals surface area (Å²) in [6.07, 6.45) is 0.738. The molecule has 0 spiro atoms. The molecule has 0 aliphatic rings. The van der Waals surface area contributed by atoms with Crippen molar-refractivity contribution in [3.63, 3.8) is 0 Å². The van der Waals surface area contributed by atoms with Crippen LogP contribution in [0, 0.1) is 5.82 Å². The molecule has 1 atom stereocenters. The molecule has 0 amide bonds. The zero-order valence-electron chi connectivity index (χ0n) is 10.5. The Kier molecular flexibility index (Phi) is 4.27. The molecule has 19 heavy (non-hydrogen) atoms. The van der Waals surface area contributed by atoms with Gasteiger partial charge in [0.25, 0.3) is 0 Å². The maximum absolute atomic E-state index is 13.6. The van der Waals surface area contributed by atoms with E-state index >= 15 is 0 Å². The van der Waals surface area contributed by atoms with Crippen LogP contribution in [-0.4, -0.2) is 11.1 Å². The molecule has 2 aromatic carbocycles. The summed E-state index contributed by atoms with van der Waals surface area (Å²) in [7, 11) is 0. The Morgan fingerprint density at radius 3 is 2.53 bits per heavy atom. The average Bonchev–Trinajstić information content (AvgIpc) is 2.36. The first-order valence-corrected chi connectivity index (χ1v) is 6.42. The van der Waals surface area contributed by atoms with Crippen LogP contribution in [0.15, 0.2) is 42.5 Å². The first-order valence-electron chi connectivity index (χ1n) is 6.04. The van der Waals surface area contributed by atoms with Crippen molar-refractivity contribution in [3.8, 4) is 5.75 Å². The van der Waals surface area contributed by atoms with Crippen LogP contribution in [0.2, 0.25) is 5.02 Å². The van der Waals surface area contributed by atoms with Gasteiger partial charge in [-0.3, -0.25) is 0 Å². The predicted octanol–water partition coefficient (Wildman–Crippen LogP) is 4.23. The lowest BCUT2D eigenvalue weighted by molar-refractivity contribution is 0.475. The van der Waals surface area contributed by atoms with Crippen molar-refractivity contribution in [2.75, 3.05) is 5.32 Å². The predicted molar refractivity (Wildman–Crippen MR) is 76.3 cm³/mol. The van der Waals surface area contributed by atoms with Gasteiger partial charge < -0.3 is 10.4 Å². The van der Waals surface area contributed by atoms with Crippen molar-refractivity contribution in [3.05, 3.63) is 58.9 Å². The van der Waals surface area contributed by atoms with Gasteiger partial charge >= 0.3 is 0 Å². The lowest BCUT2D eigenvalue weighted by Gasteiger charge is -2.16. The summed E-state index contributed by atoms with van der Waals surface area (Å²) in [4.78, 5) is 0. The number of benzene rings is 2. The number of aromatic hydroxyl groups is 1. The van der Waals surface area contributed by atoms with Gasteiger partial charge in [-0.25, -0.2) is 4.39 Å². The summed E-state index contributed by atoms with van der Waals surface area (Å²) in [6, 6.07) is 11.6. The molecule has 1 unspecified atom stereocenters. The highest BCUT2D eigenvalue weighted by Gasteiger charge is 2.08. The van der Waals surface area contributed by atoms with E-state index in [9.17, 15) is 9.50 Å².